The number of carbonyl (C=O) groups excluding carboxylic acids is 1. The number of ether oxygens (including phenoxy) is 1. The molecule has 150 valence electrons. The Labute approximate surface area is 165 Å². The SMILES string of the molecule is CCCCOc1nc(N)c2c(n1)N(Cc1ccc(CN(C)C)cc1)C(C=O)N2. The van der Waals surface area contributed by atoms with Gasteiger partial charge < -0.3 is 25.6 Å². The first-order chi connectivity index (χ1) is 13.5. The summed E-state index contributed by atoms with van der Waals surface area (Å²) in [5.74, 6) is 0.876. The van der Waals surface area contributed by atoms with E-state index in [9.17, 15) is 4.79 Å². The number of nitrogens with one attached hydrogen (secondary N) is 1. The number of unbranched alkanes of at least 4 members (excludes halogenated alkanes) is 1. The van der Waals surface area contributed by atoms with E-state index in [1.165, 1.54) is 5.56 Å². The molecule has 0 fully saturated rings. The van der Waals surface area contributed by atoms with E-state index in [0.717, 1.165) is 31.2 Å². The third kappa shape index (κ3) is 4.51. The fraction of sp³-hybridized carbons (Fsp3) is 0.450. The maximum atomic E-state index is 11.6. The normalized spacial score (nSPS) is 15.4. The molecule has 1 aromatic carbocycles. The van der Waals surface area contributed by atoms with Gasteiger partial charge in [-0.15, -0.1) is 0 Å². The number of rotatable bonds is 9. The second kappa shape index (κ2) is 8.88. The maximum absolute atomic E-state index is 11.6. The number of anilines is 3. The maximum Gasteiger partial charge on any atom is 0.320 e. The summed E-state index contributed by atoms with van der Waals surface area (Å²) >= 11 is 0. The van der Waals surface area contributed by atoms with Gasteiger partial charge in [0, 0.05) is 13.1 Å². The van der Waals surface area contributed by atoms with Crippen molar-refractivity contribution < 1.29 is 9.53 Å². The van der Waals surface area contributed by atoms with Crippen LogP contribution in [0, 0.1) is 0 Å². The van der Waals surface area contributed by atoms with Crippen LogP contribution in [0.25, 0.3) is 0 Å². The molecule has 1 unspecified atom stereocenters. The summed E-state index contributed by atoms with van der Waals surface area (Å²) in [6.07, 6.45) is 2.24. The fourth-order valence-electron chi connectivity index (χ4n) is 3.11. The van der Waals surface area contributed by atoms with Crippen LogP contribution in [0.15, 0.2) is 24.3 Å². The molecular weight excluding hydrogens is 356 g/mol. The Morgan fingerprint density at radius 1 is 1.25 bits per heavy atom. The standard InChI is InChI=1S/C20H28N6O2/c1-4-5-10-28-20-23-18(21)17-19(24-20)26(16(13-27)22-17)12-15-8-6-14(7-9-15)11-25(2)3/h6-9,13,16,22H,4-5,10-12H2,1-3H3,(H2,21,23,24). The number of fused-ring (bicyclic) bond motifs is 1. The van der Waals surface area contributed by atoms with E-state index in [1.54, 1.807) is 0 Å². The summed E-state index contributed by atoms with van der Waals surface area (Å²) in [7, 11) is 4.08. The van der Waals surface area contributed by atoms with E-state index in [2.05, 4.69) is 51.4 Å². The highest BCUT2D eigenvalue weighted by atomic mass is 16.5. The summed E-state index contributed by atoms with van der Waals surface area (Å²) < 4.78 is 5.62. The molecule has 2 aromatic rings. The van der Waals surface area contributed by atoms with Crippen LogP contribution in [0.5, 0.6) is 6.01 Å². The number of nitrogen functional groups attached to an aromatic ring is 1. The molecule has 0 radical (unpaired) electrons. The Balaban J connectivity index is 1.82. The van der Waals surface area contributed by atoms with Crippen molar-refractivity contribution in [3.63, 3.8) is 0 Å². The van der Waals surface area contributed by atoms with Crippen LogP contribution in [0.4, 0.5) is 17.3 Å². The van der Waals surface area contributed by atoms with Gasteiger partial charge >= 0.3 is 6.01 Å². The number of hydrogen-bond acceptors (Lipinski definition) is 8. The molecule has 1 atom stereocenters. The van der Waals surface area contributed by atoms with E-state index in [-0.39, 0.29) is 11.8 Å². The van der Waals surface area contributed by atoms with E-state index >= 15 is 0 Å². The van der Waals surface area contributed by atoms with Gasteiger partial charge in [0.15, 0.2) is 24.1 Å². The van der Waals surface area contributed by atoms with Crippen molar-refractivity contribution in [2.75, 3.05) is 36.7 Å². The van der Waals surface area contributed by atoms with Crippen LogP contribution < -0.4 is 20.7 Å². The first kappa shape index (κ1) is 19.9. The third-order valence-corrected chi connectivity index (χ3v) is 4.53. The molecule has 0 saturated carbocycles. The quantitative estimate of drug-likeness (QED) is 0.502. The van der Waals surface area contributed by atoms with Crippen LogP contribution in [-0.4, -0.2) is 48.0 Å². The minimum Gasteiger partial charge on any atom is -0.463 e. The molecule has 0 bridgehead atoms. The molecule has 3 rings (SSSR count). The molecule has 1 aliphatic heterocycles. The van der Waals surface area contributed by atoms with Crippen molar-refractivity contribution in [1.82, 2.24) is 14.9 Å². The average molecular weight is 384 g/mol. The smallest absolute Gasteiger partial charge is 0.320 e. The number of hydrogen-bond donors (Lipinski definition) is 2. The van der Waals surface area contributed by atoms with E-state index < -0.39 is 6.17 Å². The van der Waals surface area contributed by atoms with Gasteiger partial charge in [-0.25, -0.2) is 0 Å². The molecule has 0 aliphatic carbocycles. The van der Waals surface area contributed by atoms with Crippen LogP contribution in [-0.2, 0) is 17.9 Å². The van der Waals surface area contributed by atoms with Crippen molar-refractivity contribution in [3.05, 3.63) is 35.4 Å². The van der Waals surface area contributed by atoms with Crippen LogP contribution in [0.1, 0.15) is 30.9 Å². The highest BCUT2D eigenvalue weighted by molar-refractivity contribution is 5.87. The van der Waals surface area contributed by atoms with Crippen molar-refractivity contribution in [1.29, 1.82) is 0 Å². The average Bonchev–Trinajstić information content (AvgIpc) is 3.01. The van der Waals surface area contributed by atoms with E-state index in [1.807, 2.05) is 19.0 Å². The molecule has 8 heteroatoms. The minimum atomic E-state index is -0.543. The number of nitrogens with two attached hydrogens (primary N) is 1. The number of aldehydes is 1. The second-order valence-corrected chi connectivity index (χ2v) is 7.20. The lowest BCUT2D eigenvalue weighted by Crippen LogP contribution is -2.36. The molecule has 2 heterocycles. The summed E-state index contributed by atoms with van der Waals surface area (Å²) in [5.41, 5.74) is 8.96. The van der Waals surface area contributed by atoms with Crippen molar-refractivity contribution in [2.24, 2.45) is 0 Å². The van der Waals surface area contributed by atoms with E-state index in [4.69, 9.17) is 10.5 Å². The summed E-state index contributed by atoms with van der Waals surface area (Å²) in [4.78, 5) is 24.3. The van der Waals surface area contributed by atoms with Gasteiger partial charge in [0.2, 0.25) is 0 Å². The minimum absolute atomic E-state index is 0.240. The largest absolute Gasteiger partial charge is 0.463 e. The highest BCUT2D eigenvalue weighted by Crippen LogP contribution is 2.38. The van der Waals surface area contributed by atoms with Crippen molar-refractivity contribution in [2.45, 2.75) is 39.0 Å². The first-order valence-electron chi connectivity index (χ1n) is 9.53. The van der Waals surface area contributed by atoms with Crippen LogP contribution in [0.3, 0.4) is 0 Å². The molecule has 28 heavy (non-hydrogen) atoms. The number of benzene rings is 1. The molecule has 0 saturated heterocycles. The van der Waals surface area contributed by atoms with Crippen molar-refractivity contribution in [3.8, 4) is 6.01 Å². The van der Waals surface area contributed by atoms with Gasteiger partial charge in [0.1, 0.15) is 5.69 Å². The van der Waals surface area contributed by atoms with Gasteiger partial charge in [0.05, 0.1) is 6.61 Å². The topological polar surface area (TPSA) is 96.6 Å². The molecule has 1 aliphatic rings. The van der Waals surface area contributed by atoms with Gasteiger partial charge in [-0.05, 0) is 31.6 Å². The van der Waals surface area contributed by atoms with Crippen LogP contribution >= 0.6 is 0 Å². The van der Waals surface area contributed by atoms with Gasteiger partial charge in [0.25, 0.3) is 0 Å². The zero-order chi connectivity index (χ0) is 20.1. The Hall–Kier alpha value is -2.87. The Kier molecular flexibility index (Phi) is 6.30. The van der Waals surface area contributed by atoms with E-state index in [0.29, 0.717) is 24.7 Å². The lowest BCUT2D eigenvalue weighted by Gasteiger charge is -2.22. The summed E-state index contributed by atoms with van der Waals surface area (Å²) in [6, 6.07) is 8.58. The lowest BCUT2D eigenvalue weighted by molar-refractivity contribution is -0.108. The molecule has 1 aromatic heterocycles. The zero-order valence-electron chi connectivity index (χ0n) is 16.7. The van der Waals surface area contributed by atoms with Crippen LogP contribution in [0.2, 0.25) is 0 Å². The van der Waals surface area contributed by atoms with Gasteiger partial charge in [-0.2, -0.15) is 9.97 Å². The highest BCUT2D eigenvalue weighted by Gasteiger charge is 2.33. The summed E-state index contributed by atoms with van der Waals surface area (Å²) in [5, 5.41) is 3.10. The number of carbonyl (C=O) groups is 1. The Morgan fingerprint density at radius 3 is 2.61 bits per heavy atom. The Bertz CT molecular complexity index is 809. The third-order valence-electron chi connectivity index (χ3n) is 4.53. The monoisotopic (exact) mass is 384 g/mol. The molecule has 3 N–H and O–H groups in total. The fourth-order valence-corrected chi connectivity index (χ4v) is 3.11. The predicted octanol–water partition coefficient (Wildman–Crippen LogP) is 2.26. The first-order valence-corrected chi connectivity index (χ1v) is 9.53. The summed E-state index contributed by atoms with van der Waals surface area (Å²) in [6.45, 7) is 4.03. The Morgan fingerprint density at radius 2 is 1.96 bits per heavy atom. The van der Waals surface area contributed by atoms with Crippen molar-refractivity contribution >= 4 is 23.6 Å². The number of aromatic nitrogens is 2. The van der Waals surface area contributed by atoms with Gasteiger partial charge in [-0.1, -0.05) is 37.6 Å². The zero-order valence-corrected chi connectivity index (χ0v) is 16.7. The predicted molar refractivity (Wildman–Crippen MR) is 110 cm³/mol. The lowest BCUT2D eigenvalue weighted by atomic mass is 10.1. The molecule has 0 spiro atoms. The molecular formula is C20H28N6O2. The second-order valence-electron chi connectivity index (χ2n) is 7.20. The molecule has 0 amide bonds. The number of nitrogens with zero attached hydrogens (tertiary/aromatic N) is 4. The molecule has 8 nitrogen and oxygen atoms in total. The van der Waals surface area contributed by atoms with Gasteiger partial charge in [-0.3, -0.25) is 4.79 Å².